The third kappa shape index (κ3) is 8.61. The van der Waals surface area contributed by atoms with E-state index in [0.29, 0.717) is 64.7 Å². The molecule has 2 amide bonds. The van der Waals surface area contributed by atoms with Crippen molar-refractivity contribution >= 4 is 62.6 Å². The number of aryl methyl sites for hydroxylation is 1. The average molecular weight is 856 g/mol. The second-order valence-corrected chi connectivity index (χ2v) is 17.5. The smallest absolute Gasteiger partial charge is 0.410 e. The fraction of sp³-hybridized carbons (Fsp3) is 0.413. The molecule has 2 saturated heterocycles. The molecule has 0 radical (unpaired) electrons. The van der Waals surface area contributed by atoms with Gasteiger partial charge >= 0.3 is 6.09 Å². The van der Waals surface area contributed by atoms with E-state index in [9.17, 15) is 19.6 Å². The number of aromatic amines is 1. The number of likely N-dealkylation sites (tertiary alicyclic amines) is 2. The van der Waals surface area contributed by atoms with E-state index in [1.165, 1.54) is 19.2 Å². The van der Waals surface area contributed by atoms with Crippen LogP contribution in [0, 0.1) is 23.1 Å². The van der Waals surface area contributed by atoms with Crippen LogP contribution in [0.3, 0.4) is 0 Å². The van der Waals surface area contributed by atoms with Gasteiger partial charge in [-0.05, 0) is 95.6 Å². The lowest BCUT2D eigenvalue weighted by Crippen LogP contribution is -2.36. The van der Waals surface area contributed by atoms with Crippen molar-refractivity contribution in [2.75, 3.05) is 26.7 Å². The van der Waals surface area contributed by atoms with Crippen LogP contribution in [0.2, 0.25) is 10.0 Å². The number of aromatic nitrogens is 3. The molecule has 2 aromatic carbocycles. The Morgan fingerprint density at radius 2 is 1.85 bits per heavy atom. The van der Waals surface area contributed by atoms with Gasteiger partial charge in [0.1, 0.15) is 11.1 Å². The van der Waals surface area contributed by atoms with Crippen molar-refractivity contribution in [3.63, 3.8) is 0 Å². The summed E-state index contributed by atoms with van der Waals surface area (Å²) in [7, 11) is 1.51. The van der Waals surface area contributed by atoms with Crippen molar-refractivity contribution in [3.8, 4) is 23.1 Å². The van der Waals surface area contributed by atoms with E-state index in [4.69, 9.17) is 37.7 Å². The molecule has 1 N–H and O–H groups in total. The monoisotopic (exact) mass is 854 g/mol. The first-order chi connectivity index (χ1) is 28.6. The van der Waals surface area contributed by atoms with Gasteiger partial charge in [-0.2, -0.15) is 5.26 Å². The normalized spacial score (nSPS) is 17.7. The highest BCUT2D eigenvalue weighted by Gasteiger charge is 2.42. The molecule has 5 aromatic rings. The zero-order valence-corrected chi connectivity index (χ0v) is 36.1. The van der Waals surface area contributed by atoms with Gasteiger partial charge in [0.15, 0.2) is 17.1 Å². The van der Waals surface area contributed by atoms with E-state index in [1.807, 2.05) is 38.7 Å². The van der Waals surface area contributed by atoms with Crippen molar-refractivity contribution in [2.24, 2.45) is 5.92 Å². The average Bonchev–Trinajstić information content (AvgIpc) is 3.54. The van der Waals surface area contributed by atoms with E-state index in [2.05, 4.69) is 28.3 Å². The Balaban J connectivity index is 0.000000537. The van der Waals surface area contributed by atoms with E-state index in [1.54, 1.807) is 29.3 Å². The summed E-state index contributed by atoms with van der Waals surface area (Å²) in [6.07, 6.45) is 5.75. The summed E-state index contributed by atoms with van der Waals surface area (Å²) in [4.78, 5) is 48.9. The number of fused-ring (bicyclic) bond motifs is 3. The molecule has 2 aliphatic heterocycles. The van der Waals surface area contributed by atoms with Crippen molar-refractivity contribution in [1.29, 1.82) is 5.26 Å². The number of allylic oxidation sites excluding steroid dienone is 1. The number of amides is 2. The second kappa shape index (κ2) is 17.3. The molecule has 8 rings (SSSR count). The highest BCUT2D eigenvalue weighted by Crippen LogP contribution is 2.47. The first-order valence-electron chi connectivity index (χ1n) is 20.3. The van der Waals surface area contributed by atoms with Gasteiger partial charge in [0, 0.05) is 77.9 Å². The van der Waals surface area contributed by atoms with Gasteiger partial charge in [-0.25, -0.2) is 14.2 Å². The number of rotatable bonds is 8. The zero-order valence-electron chi connectivity index (χ0n) is 34.5. The summed E-state index contributed by atoms with van der Waals surface area (Å²) in [5, 5.41) is 11.5. The van der Waals surface area contributed by atoms with Crippen molar-refractivity contribution in [1.82, 2.24) is 24.3 Å². The molecule has 3 aliphatic rings. The number of carbonyl (C=O) groups is 2. The Labute approximate surface area is 358 Å². The Hall–Kier alpha value is -5.38. The summed E-state index contributed by atoms with van der Waals surface area (Å²) < 4.78 is 30.1. The second-order valence-electron chi connectivity index (χ2n) is 16.7. The lowest BCUT2D eigenvalue weighted by atomic mass is 9.92. The summed E-state index contributed by atoms with van der Waals surface area (Å²) in [5.74, 6) is 0.186. The minimum Gasteiger partial charge on any atom is -0.482 e. The first-order valence-corrected chi connectivity index (χ1v) is 21.1. The van der Waals surface area contributed by atoms with Crippen LogP contribution in [-0.4, -0.2) is 68.7 Å². The number of methoxy groups -OCH3 is 1. The lowest BCUT2D eigenvalue weighted by Gasteiger charge is -2.29. The minimum atomic E-state index is -0.646. The van der Waals surface area contributed by atoms with Gasteiger partial charge in [0.05, 0.1) is 46.5 Å². The van der Waals surface area contributed by atoms with Crippen LogP contribution in [0.15, 0.2) is 60.0 Å². The summed E-state index contributed by atoms with van der Waals surface area (Å²) in [6.45, 7) is 13.2. The number of ether oxygens (including phenoxy) is 2. The fourth-order valence-corrected chi connectivity index (χ4v) is 8.79. The predicted octanol–water partition coefficient (Wildman–Crippen LogP) is 10.4. The molecule has 314 valence electrons. The Morgan fingerprint density at radius 3 is 2.50 bits per heavy atom. The van der Waals surface area contributed by atoms with Gasteiger partial charge in [0.25, 0.3) is 0 Å². The molecule has 11 nitrogen and oxygen atoms in total. The number of hydrogen-bond acceptors (Lipinski definition) is 7. The first kappa shape index (κ1) is 42.7. The maximum Gasteiger partial charge on any atom is 0.410 e. The molecular weight excluding hydrogens is 806 g/mol. The molecule has 1 saturated carbocycles. The number of nitriles is 1. The quantitative estimate of drug-likeness (QED) is 0.164. The van der Waals surface area contributed by atoms with Crippen LogP contribution in [0.5, 0.6) is 5.88 Å². The number of hydrogen-bond donors (Lipinski definition) is 1. The molecular formula is C46H49Cl2FN6O5. The number of nitrogens with one attached hydrogen (secondary N) is 1. The van der Waals surface area contributed by atoms with Crippen LogP contribution in [0.1, 0.15) is 95.3 Å². The maximum absolute atomic E-state index is 17.3. The van der Waals surface area contributed by atoms with Crippen molar-refractivity contribution in [2.45, 2.75) is 90.3 Å². The number of pyridine rings is 2. The van der Waals surface area contributed by atoms with Crippen molar-refractivity contribution < 1.29 is 23.5 Å². The van der Waals surface area contributed by atoms with E-state index in [0.717, 1.165) is 42.3 Å². The van der Waals surface area contributed by atoms with Gasteiger partial charge in [0.2, 0.25) is 5.91 Å². The largest absolute Gasteiger partial charge is 0.482 e. The zero-order chi connectivity index (χ0) is 43.0. The maximum atomic E-state index is 17.3. The Bertz CT molecular complexity index is 2600. The third-order valence-corrected chi connectivity index (χ3v) is 12.0. The number of H-pyrrole nitrogens is 1. The molecule has 0 bridgehead atoms. The molecule has 3 fully saturated rings. The number of benzene rings is 2. The minimum absolute atomic E-state index is 0.0504. The standard InChI is InChI=1S/C40H42Cl2FN5O3.C6H7NO2/c1-22(2)35-28-20-31(30-12-8-17-47(30)38(49)23-13-14-23)48(25-15-18-46(21-25)39(50)51-40(3,4)5)37(28)27-19-24(9-7-16-44)32(34(43)36(27)45-35)26-10-6-11-29(41)33(26)42;1-9-6-4-5(8)2-3-7-6/h6,10-11,19-20,23,25,30H,1,7-9,12-15,17-18,21H2,2-5H3;2-4H,1H3,(H,7,8). The van der Waals surface area contributed by atoms with E-state index < -0.39 is 11.4 Å². The highest BCUT2D eigenvalue weighted by atomic mass is 35.5. The number of halogens is 3. The molecule has 2 atom stereocenters. The molecule has 14 heteroatoms. The topological polar surface area (TPSA) is 134 Å². The fourth-order valence-electron chi connectivity index (χ4n) is 8.40. The molecule has 3 aromatic heterocycles. The lowest BCUT2D eigenvalue weighted by molar-refractivity contribution is -0.133. The summed E-state index contributed by atoms with van der Waals surface area (Å²) >= 11 is 13.1. The van der Waals surface area contributed by atoms with Crippen LogP contribution in [-0.2, 0) is 16.0 Å². The Kier molecular flexibility index (Phi) is 12.3. The van der Waals surface area contributed by atoms with Crippen LogP contribution >= 0.6 is 23.2 Å². The summed E-state index contributed by atoms with van der Waals surface area (Å²) in [6, 6.07) is 13.8. The molecule has 0 spiro atoms. The van der Waals surface area contributed by atoms with Gasteiger partial charge in [-0.15, -0.1) is 0 Å². The predicted molar refractivity (Wildman–Crippen MR) is 233 cm³/mol. The van der Waals surface area contributed by atoms with E-state index in [-0.39, 0.29) is 64.4 Å². The van der Waals surface area contributed by atoms with Crippen LogP contribution in [0.25, 0.3) is 38.5 Å². The van der Waals surface area contributed by atoms with E-state index >= 15 is 4.39 Å². The number of nitrogens with zero attached hydrogens (tertiary/aromatic N) is 5. The Morgan fingerprint density at radius 1 is 1.08 bits per heavy atom. The SMILES string of the molecule is C=C(C)c1nc2c(F)c(-c3cccc(Cl)c3Cl)c(CCC#N)cc2c2c1cc(C1CCCN1C(=O)C1CC1)n2C1CCN(C(=O)OC(C)(C)C)C1.COc1cc(=O)cc[nH]1. The molecule has 5 heterocycles. The molecule has 1 aliphatic carbocycles. The van der Waals surface area contributed by atoms with Crippen LogP contribution < -0.4 is 10.2 Å². The van der Waals surface area contributed by atoms with Crippen molar-refractivity contribution in [3.05, 3.63) is 98.3 Å². The van der Waals surface area contributed by atoms with Gasteiger partial charge in [-0.3, -0.25) is 9.59 Å². The number of carbonyl (C=O) groups excluding carboxylic acids is 2. The third-order valence-electron chi connectivity index (χ3n) is 11.2. The van der Waals surface area contributed by atoms with Crippen LogP contribution in [0.4, 0.5) is 9.18 Å². The molecule has 2 unspecified atom stereocenters. The highest BCUT2D eigenvalue weighted by molar-refractivity contribution is 6.43. The van der Waals surface area contributed by atoms with Gasteiger partial charge in [-0.1, -0.05) is 41.9 Å². The van der Waals surface area contributed by atoms with Gasteiger partial charge < -0.3 is 28.8 Å². The summed E-state index contributed by atoms with van der Waals surface area (Å²) in [5.41, 5.74) is 3.70. The molecule has 60 heavy (non-hydrogen) atoms.